The van der Waals surface area contributed by atoms with Gasteiger partial charge in [-0.15, -0.1) is 0 Å². The lowest BCUT2D eigenvalue weighted by Gasteiger charge is -2.44. The predicted octanol–water partition coefficient (Wildman–Crippen LogP) is 1.01. The zero-order chi connectivity index (χ0) is 13.9. The third-order valence-corrected chi connectivity index (χ3v) is 5.83. The highest BCUT2D eigenvalue weighted by Gasteiger charge is 2.42. The van der Waals surface area contributed by atoms with Gasteiger partial charge in [-0.05, 0) is 31.5 Å². The van der Waals surface area contributed by atoms with Crippen molar-refractivity contribution >= 4 is 9.84 Å². The van der Waals surface area contributed by atoms with Crippen LogP contribution in [-0.4, -0.2) is 43.5 Å². The first-order valence-corrected chi connectivity index (χ1v) is 8.51. The number of furan rings is 1. The van der Waals surface area contributed by atoms with Gasteiger partial charge in [0.1, 0.15) is 5.76 Å². The Labute approximate surface area is 114 Å². The van der Waals surface area contributed by atoms with Crippen molar-refractivity contribution in [3.8, 4) is 0 Å². The lowest BCUT2D eigenvalue weighted by atomic mass is 9.93. The van der Waals surface area contributed by atoms with Crippen LogP contribution in [0, 0.1) is 0 Å². The Hall–Kier alpha value is -0.850. The Morgan fingerprint density at radius 1 is 1.53 bits per heavy atom. The minimum atomic E-state index is -2.99. The number of hydrogen-bond acceptors (Lipinski definition) is 5. The van der Waals surface area contributed by atoms with Crippen LogP contribution in [-0.2, 0) is 16.4 Å². The summed E-state index contributed by atoms with van der Waals surface area (Å²) in [6.07, 6.45) is 3.15. The maximum Gasteiger partial charge on any atom is 0.152 e. The van der Waals surface area contributed by atoms with E-state index in [1.807, 2.05) is 19.1 Å². The van der Waals surface area contributed by atoms with E-state index in [2.05, 4.69) is 4.90 Å². The van der Waals surface area contributed by atoms with E-state index in [1.165, 1.54) is 0 Å². The number of likely N-dealkylation sites (N-methyl/N-ethyl adjacent to an activating group) is 1. The molecule has 0 radical (unpaired) electrons. The second kappa shape index (κ2) is 5.64. The summed E-state index contributed by atoms with van der Waals surface area (Å²) in [5.74, 6) is 1.29. The van der Waals surface area contributed by atoms with Gasteiger partial charge in [-0.3, -0.25) is 4.90 Å². The second-order valence-corrected chi connectivity index (χ2v) is 7.40. The lowest BCUT2D eigenvalue weighted by Crippen LogP contribution is -2.59. The van der Waals surface area contributed by atoms with Crippen LogP contribution in [0.2, 0.25) is 0 Å². The Kier molecular flexibility index (Phi) is 4.32. The van der Waals surface area contributed by atoms with Gasteiger partial charge in [-0.25, -0.2) is 8.42 Å². The maximum absolute atomic E-state index is 11.9. The van der Waals surface area contributed by atoms with Crippen molar-refractivity contribution in [2.24, 2.45) is 5.73 Å². The van der Waals surface area contributed by atoms with Crippen LogP contribution >= 0.6 is 0 Å². The number of rotatable bonds is 5. The van der Waals surface area contributed by atoms with Crippen LogP contribution < -0.4 is 5.73 Å². The molecule has 1 aliphatic rings. The van der Waals surface area contributed by atoms with Crippen molar-refractivity contribution in [1.29, 1.82) is 0 Å². The van der Waals surface area contributed by atoms with Crippen LogP contribution in [0.25, 0.3) is 0 Å². The normalized spacial score (nSPS) is 26.7. The predicted molar refractivity (Wildman–Crippen MR) is 74.5 cm³/mol. The van der Waals surface area contributed by atoms with Crippen LogP contribution in [0.3, 0.4) is 0 Å². The van der Waals surface area contributed by atoms with Crippen molar-refractivity contribution in [2.75, 3.05) is 24.6 Å². The molecule has 0 aromatic carbocycles. The molecule has 2 N–H and O–H groups in total. The highest BCUT2D eigenvalue weighted by atomic mass is 32.2. The lowest BCUT2D eigenvalue weighted by molar-refractivity contribution is 0.0898. The van der Waals surface area contributed by atoms with Gasteiger partial charge in [0.15, 0.2) is 9.84 Å². The number of sulfone groups is 1. The molecule has 2 rings (SSSR count). The van der Waals surface area contributed by atoms with Gasteiger partial charge in [0.2, 0.25) is 0 Å². The van der Waals surface area contributed by atoms with Gasteiger partial charge in [0.25, 0.3) is 0 Å². The summed E-state index contributed by atoms with van der Waals surface area (Å²) in [4.78, 5) is 2.14. The third-order valence-electron chi connectivity index (χ3n) is 3.95. The summed E-state index contributed by atoms with van der Waals surface area (Å²) >= 11 is 0. The topological polar surface area (TPSA) is 76.5 Å². The van der Waals surface area contributed by atoms with Crippen molar-refractivity contribution in [2.45, 2.75) is 31.8 Å². The van der Waals surface area contributed by atoms with E-state index in [0.717, 1.165) is 18.7 Å². The molecule has 108 valence electrons. The fraction of sp³-hybridized carbons (Fsp3) is 0.692. The molecule has 0 saturated carbocycles. The minimum Gasteiger partial charge on any atom is -0.468 e. The molecule has 1 aromatic heterocycles. The van der Waals surface area contributed by atoms with Crippen molar-refractivity contribution in [1.82, 2.24) is 4.90 Å². The Morgan fingerprint density at radius 2 is 2.32 bits per heavy atom. The van der Waals surface area contributed by atoms with E-state index in [1.54, 1.807) is 6.26 Å². The average Bonchev–Trinajstić information content (AvgIpc) is 2.87. The van der Waals surface area contributed by atoms with E-state index in [0.29, 0.717) is 19.5 Å². The molecule has 0 bridgehead atoms. The molecule has 0 aliphatic carbocycles. The molecule has 1 atom stereocenters. The molecular weight excluding hydrogens is 264 g/mol. The van der Waals surface area contributed by atoms with Crippen LogP contribution in [0.1, 0.15) is 25.5 Å². The molecule has 2 heterocycles. The first-order valence-electron chi connectivity index (χ1n) is 6.69. The van der Waals surface area contributed by atoms with Crippen molar-refractivity contribution in [3.05, 3.63) is 24.2 Å². The molecule has 0 spiro atoms. The molecule has 19 heavy (non-hydrogen) atoms. The number of nitrogens with zero attached hydrogens (tertiary/aromatic N) is 1. The largest absolute Gasteiger partial charge is 0.468 e. The average molecular weight is 286 g/mol. The van der Waals surface area contributed by atoms with Gasteiger partial charge >= 0.3 is 0 Å². The highest BCUT2D eigenvalue weighted by molar-refractivity contribution is 7.91. The van der Waals surface area contributed by atoms with Gasteiger partial charge in [-0.1, -0.05) is 6.92 Å². The Morgan fingerprint density at radius 3 is 2.84 bits per heavy atom. The van der Waals surface area contributed by atoms with Crippen LogP contribution in [0.15, 0.2) is 22.8 Å². The zero-order valence-electron chi connectivity index (χ0n) is 11.3. The summed E-state index contributed by atoms with van der Waals surface area (Å²) in [7, 11) is -2.99. The summed E-state index contributed by atoms with van der Waals surface area (Å²) in [5.41, 5.74) is 5.48. The minimum absolute atomic E-state index is 0.158. The summed E-state index contributed by atoms with van der Waals surface area (Å²) in [6, 6.07) is 3.75. The Bertz CT molecular complexity index is 498. The van der Waals surface area contributed by atoms with E-state index < -0.39 is 15.4 Å². The van der Waals surface area contributed by atoms with Crippen LogP contribution in [0.4, 0.5) is 0 Å². The summed E-state index contributed by atoms with van der Waals surface area (Å²) in [6.45, 7) is 3.76. The highest BCUT2D eigenvalue weighted by Crippen LogP contribution is 2.29. The first kappa shape index (κ1) is 14.6. The molecule has 1 unspecified atom stereocenters. The molecule has 5 nitrogen and oxygen atoms in total. The van der Waals surface area contributed by atoms with Gasteiger partial charge in [0.05, 0.1) is 24.3 Å². The van der Waals surface area contributed by atoms with E-state index in [4.69, 9.17) is 10.2 Å². The third kappa shape index (κ3) is 3.19. The van der Waals surface area contributed by atoms with Crippen LogP contribution in [0.5, 0.6) is 0 Å². The van der Waals surface area contributed by atoms with Crippen molar-refractivity contribution in [3.63, 3.8) is 0 Å². The van der Waals surface area contributed by atoms with Gasteiger partial charge < -0.3 is 10.2 Å². The van der Waals surface area contributed by atoms with Gasteiger partial charge in [0, 0.05) is 12.1 Å². The molecule has 1 aliphatic heterocycles. The monoisotopic (exact) mass is 286 g/mol. The summed E-state index contributed by atoms with van der Waals surface area (Å²) in [5, 5.41) is 0. The van der Waals surface area contributed by atoms with Gasteiger partial charge in [-0.2, -0.15) is 0 Å². The number of hydrogen-bond donors (Lipinski definition) is 1. The molecule has 1 aromatic rings. The van der Waals surface area contributed by atoms with E-state index in [9.17, 15) is 8.42 Å². The zero-order valence-corrected chi connectivity index (χ0v) is 12.2. The molecular formula is C13H22N2O3S. The fourth-order valence-corrected chi connectivity index (χ4v) is 4.91. The molecule has 0 amide bonds. The standard InChI is InChI=1S/C13H22N2O3S/c1-2-15(9-12-5-3-7-18-12)13(10-14)6-4-8-19(16,17)11-13/h3,5,7H,2,4,6,8-11,14H2,1H3. The Balaban J connectivity index is 2.22. The molecule has 1 saturated heterocycles. The maximum atomic E-state index is 11.9. The summed E-state index contributed by atoms with van der Waals surface area (Å²) < 4.78 is 29.3. The SMILES string of the molecule is CCN(Cc1ccco1)C1(CN)CCCS(=O)(=O)C1. The van der Waals surface area contributed by atoms with E-state index >= 15 is 0 Å². The van der Waals surface area contributed by atoms with Crippen molar-refractivity contribution < 1.29 is 12.8 Å². The quantitative estimate of drug-likeness (QED) is 0.874. The number of nitrogens with two attached hydrogens (primary N) is 1. The smallest absolute Gasteiger partial charge is 0.152 e. The van der Waals surface area contributed by atoms with E-state index in [-0.39, 0.29) is 11.5 Å². The molecule has 6 heteroatoms. The first-order chi connectivity index (χ1) is 9.01. The fourth-order valence-electron chi connectivity index (χ4n) is 2.92. The molecule has 1 fully saturated rings. The second-order valence-electron chi connectivity index (χ2n) is 5.22.